The normalized spacial score (nSPS) is 33.7. The van der Waals surface area contributed by atoms with Crippen LogP contribution < -0.4 is 11.3 Å². The van der Waals surface area contributed by atoms with Crippen LogP contribution in [0.1, 0.15) is 36.4 Å². The van der Waals surface area contributed by atoms with Crippen LogP contribution in [0.2, 0.25) is 0 Å². The zero-order valence-electron chi connectivity index (χ0n) is 12.4. The van der Waals surface area contributed by atoms with Gasteiger partial charge in [-0.05, 0) is 43.9 Å². The number of nitrogens with one attached hydrogen (secondary N) is 1. The second-order valence-electron chi connectivity index (χ2n) is 6.55. The van der Waals surface area contributed by atoms with Gasteiger partial charge in [-0.25, -0.2) is 0 Å². The smallest absolute Gasteiger partial charge is 0.0875 e. The number of morpholine rings is 1. The summed E-state index contributed by atoms with van der Waals surface area (Å²) in [5.41, 5.74) is 5.63. The van der Waals surface area contributed by atoms with Crippen molar-refractivity contribution < 1.29 is 4.74 Å². The average molecular weight is 288 g/mol. The van der Waals surface area contributed by atoms with Crippen molar-refractivity contribution in [2.45, 2.75) is 49.8 Å². The number of rotatable bonds is 3. The molecule has 0 saturated carbocycles. The van der Waals surface area contributed by atoms with Gasteiger partial charge in [-0.1, -0.05) is 6.07 Å². The molecule has 3 N–H and O–H groups in total. The number of hydrogen-bond acceptors (Lipinski definition) is 5. The maximum absolute atomic E-state index is 6.16. The number of aryl methyl sites for hydroxylation is 1. The van der Waals surface area contributed by atoms with E-state index in [1.54, 1.807) is 0 Å². The van der Waals surface area contributed by atoms with Gasteiger partial charge in [-0.2, -0.15) is 0 Å². The molecule has 21 heavy (non-hydrogen) atoms. The van der Waals surface area contributed by atoms with Gasteiger partial charge in [0.1, 0.15) is 0 Å². The fraction of sp³-hybridized carbons (Fsp3) is 0.688. The third-order valence-electron chi connectivity index (χ3n) is 5.44. The van der Waals surface area contributed by atoms with E-state index in [0.717, 1.165) is 26.0 Å². The Balaban J connectivity index is 1.53. The predicted molar refractivity (Wildman–Crippen MR) is 80.7 cm³/mol. The van der Waals surface area contributed by atoms with E-state index in [1.165, 1.54) is 30.6 Å². The third kappa shape index (κ3) is 2.38. The van der Waals surface area contributed by atoms with Crippen molar-refractivity contribution in [2.24, 2.45) is 5.84 Å². The highest BCUT2D eigenvalue weighted by Crippen LogP contribution is 2.36. The molecule has 0 bridgehead atoms. The van der Waals surface area contributed by atoms with Gasteiger partial charge >= 0.3 is 0 Å². The summed E-state index contributed by atoms with van der Waals surface area (Å²) in [5, 5.41) is 0. The quantitative estimate of drug-likeness (QED) is 0.636. The first-order valence-electron chi connectivity index (χ1n) is 8.12. The number of nitrogens with two attached hydrogens (primary N) is 1. The standard InChI is InChI=1S/C16H24N4O/c17-19-16(13-6-5-11-3-1-7-18-15(11)13)14-9-20-8-2-4-12(20)10-21-14/h1,3,7,12-14,16,19H,2,4-6,8-10,17H2. The van der Waals surface area contributed by atoms with E-state index in [1.807, 2.05) is 12.3 Å². The third-order valence-corrected chi connectivity index (χ3v) is 5.44. The lowest BCUT2D eigenvalue weighted by molar-refractivity contribution is -0.0686. The minimum absolute atomic E-state index is 0.155. The van der Waals surface area contributed by atoms with Crippen LogP contribution in [0, 0.1) is 0 Å². The first-order valence-corrected chi connectivity index (χ1v) is 8.12. The van der Waals surface area contributed by atoms with Crippen molar-refractivity contribution in [3.63, 3.8) is 0 Å². The monoisotopic (exact) mass is 288 g/mol. The van der Waals surface area contributed by atoms with E-state index < -0.39 is 0 Å². The first-order chi connectivity index (χ1) is 10.4. The molecule has 2 aliphatic heterocycles. The Morgan fingerprint density at radius 2 is 2.38 bits per heavy atom. The molecule has 0 spiro atoms. The summed E-state index contributed by atoms with van der Waals surface area (Å²) in [5.74, 6) is 6.27. The van der Waals surface area contributed by atoms with Gasteiger partial charge in [0, 0.05) is 30.4 Å². The number of ether oxygens (including phenoxy) is 1. The predicted octanol–water partition coefficient (Wildman–Crippen LogP) is 0.807. The molecule has 3 heterocycles. The summed E-state index contributed by atoms with van der Waals surface area (Å²) in [6, 6.07) is 5.00. The lowest BCUT2D eigenvalue weighted by atomic mass is 9.91. The van der Waals surface area contributed by atoms with Crippen LogP contribution in [-0.2, 0) is 11.2 Å². The van der Waals surface area contributed by atoms with E-state index in [2.05, 4.69) is 21.4 Å². The van der Waals surface area contributed by atoms with Crippen molar-refractivity contribution >= 4 is 0 Å². The number of fused-ring (bicyclic) bond motifs is 2. The van der Waals surface area contributed by atoms with Gasteiger partial charge in [-0.15, -0.1) is 0 Å². The Labute approximate surface area is 125 Å². The maximum atomic E-state index is 6.16. The van der Waals surface area contributed by atoms with E-state index in [4.69, 9.17) is 10.6 Å². The van der Waals surface area contributed by atoms with Crippen LogP contribution in [-0.4, -0.2) is 47.8 Å². The summed E-state index contributed by atoms with van der Waals surface area (Å²) >= 11 is 0. The van der Waals surface area contributed by atoms with E-state index >= 15 is 0 Å². The molecule has 4 rings (SSSR count). The minimum atomic E-state index is 0.155. The molecule has 5 heteroatoms. The van der Waals surface area contributed by atoms with Gasteiger partial charge in [0.15, 0.2) is 0 Å². The Morgan fingerprint density at radius 3 is 3.29 bits per heavy atom. The lowest BCUT2D eigenvalue weighted by Gasteiger charge is -2.40. The lowest BCUT2D eigenvalue weighted by Crippen LogP contribution is -2.57. The fourth-order valence-corrected chi connectivity index (χ4v) is 4.34. The SMILES string of the molecule is NNC(C1CN2CCCC2CO1)C1CCc2cccnc21. The first kappa shape index (κ1) is 13.6. The second-order valence-corrected chi connectivity index (χ2v) is 6.55. The highest BCUT2D eigenvalue weighted by atomic mass is 16.5. The molecule has 2 saturated heterocycles. The number of nitrogens with zero attached hydrogens (tertiary/aromatic N) is 2. The van der Waals surface area contributed by atoms with Crippen LogP contribution >= 0.6 is 0 Å². The van der Waals surface area contributed by atoms with E-state index in [9.17, 15) is 0 Å². The van der Waals surface area contributed by atoms with Crippen LogP contribution in [0.15, 0.2) is 18.3 Å². The van der Waals surface area contributed by atoms with Crippen LogP contribution in [0.4, 0.5) is 0 Å². The number of hydrogen-bond donors (Lipinski definition) is 2. The van der Waals surface area contributed by atoms with Crippen molar-refractivity contribution in [3.8, 4) is 0 Å². The van der Waals surface area contributed by atoms with Gasteiger partial charge < -0.3 is 4.74 Å². The Kier molecular flexibility index (Phi) is 3.67. The topological polar surface area (TPSA) is 63.4 Å². The fourth-order valence-electron chi connectivity index (χ4n) is 4.34. The summed E-state index contributed by atoms with van der Waals surface area (Å²) in [7, 11) is 0. The van der Waals surface area contributed by atoms with Gasteiger partial charge in [0.25, 0.3) is 0 Å². The minimum Gasteiger partial charge on any atom is -0.374 e. The Morgan fingerprint density at radius 1 is 1.43 bits per heavy atom. The average Bonchev–Trinajstić information content (AvgIpc) is 3.15. The molecule has 3 aliphatic rings. The molecule has 1 aliphatic carbocycles. The van der Waals surface area contributed by atoms with E-state index in [-0.39, 0.29) is 12.1 Å². The second kappa shape index (κ2) is 5.65. The summed E-state index contributed by atoms with van der Waals surface area (Å²) in [6.07, 6.45) is 6.86. The molecule has 5 nitrogen and oxygen atoms in total. The molecule has 4 atom stereocenters. The van der Waals surface area contributed by atoms with Crippen molar-refractivity contribution in [1.29, 1.82) is 0 Å². The summed E-state index contributed by atoms with van der Waals surface area (Å²) < 4.78 is 6.16. The van der Waals surface area contributed by atoms with Gasteiger partial charge in [-0.3, -0.25) is 21.2 Å². The maximum Gasteiger partial charge on any atom is 0.0875 e. The van der Waals surface area contributed by atoms with Crippen LogP contribution in [0.5, 0.6) is 0 Å². The Hall–Kier alpha value is -1.01. The molecular formula is C16H24N4O. The van der Waals surface area contributed by atoms with Crippen molar-refractivity contribution in [3.05, 3.63) is 29.6 Å². The van der Waals surface area contributed by atoms with Crippen molar-refractivity contribution in [1.82, 2.24) is 15.3 Å². The van der Waals surface area contributed by atoms with Crippen LogP contribution in [0.3, 0.4) is 0 Å². The highest BCUT2D eigenvalue weighted by molar-refractivity contribution is 5.30. The molecule has 0 radical (unpaired) electrons. The molecular weight excluding hydrogens is 264 g/mol. The zero-order valence-corrected chi connectivity index (χ0v) is 12.4. The molecule has 114 valence electrons. The van der Waals surface area contributed by atoms with E-state index in [0.29, 0.717) is 12.0 Å². The van der Waals surface area contributed by atoms with Crippen LogP contribution in [0.25, 0.3) is 0 Å². The molecule has 1 aromatic rings. The van der Waals surface area contributed by atoms with Gasteiger partial charge in [0.2, 0.25) is 0 Å². The summed E-state index contributed by atoms with van der Waals surface area (Å²) in [4.78, 5) is 7.18. The van der Waals surface area contributed by atoms with Gasteiger partial charge in [0.05, 0.1) is 18.8 Å². The summed E-state index contributed by atoms with van der Waals surface area (Å²) in [6.45, 7) is 3.06. The number of hydrazine groups is 1. The number of pyridine rings is 1. The Bertz CT molecular complexity index is 509. The molecule has 0 amide bonds. The number of aromatic nitrogens is 1. The van der Waals surface area contributed by atoms with Crippen molar-refractivity contribution in [2.75, 3.05) is 19.7 Å². The highest BCUT2D eigenvalue weighted by Gasteiger charge is 2.40. The largest absolute Gasteiger partial charge is 0.374 e. The molecule has 2 fully saturated rings. The molecule has 0 aromatic carbocycles. The zero-order chi connectivity index (χ0) is 14.2. The molecule has 4 unspecified atom stereocenters. The molecule has 1 aromatic heterocycles.